The van der Waals surface area contributed by atoms with Crippen LogP contribution in [0.2, 0.25) is 0 Å². The van der Waals surface area contributed by atoms with Crippen molar-refractivity contribution in [1.82, 2.24) is 9.36 Å². The zero-order valence-electron chi connectivity index (χ0n) is 7.86. The normalized spacial score (nSPS) is 9.93. The third-order valence-corrected chi connectivity index (χ3v) is 2.75. The Morgan fingerprint density at radius 1 is 1.47 bits per heavy atom. The minimum atomic E-state index is -0.735. The second-order valence-corrected chi connectivity index (χ2v) is 3.78. The fraction of sp³-hybridized carbons (Fsp3) is 0.100. The standard InChI is InChI=1S/C10H6FN3S/c1-6-4-9(15-14-6)8-3-2-7(5-12)10(11)13-8/h2-4H,1H3. The van der Waals surface area contributed by atoms with Gasteiger partial charge in [0.05, 0.1) is 16.3 Å². The lowest BCUT2D eigenvalue weighted by molar-refractivity contribution is 0.581. The quantitative estimate of drug-likeness (QED) is 0.692. The van der Waals surface area contributed by atoms with Crippen molar-refractivity contribution in [2.45, 2.75) is 6.92 Å². The van der Waals surface area contributed by atoms with Gasteiger partial charge in [0.1, 0.15) is 11.6 Å². The van der Waals surface area contributed by atoms with E-state index in [4.69, 9.17) is 5.26 Å². The number of hydrogen-bond donors (Lipinski definition) is 0. The largest absolute Gasteiger partial charge is 0.231 e. The van der Waals surface area contributed by atoms with Gasteiger partial charge in [-0.25, -0.2) is 4.98 Å². The molecular formula is C10H6FN3S. The van der Waals surface area contributed by atoms with Gasteiger partial charge in [-0.15, -0.1) is 0 Å². The molecule has 2 heterocycles. The average molecular weight is 219 g/mol. The Bertz CT molecular complexity index is 542. The Hall–Kier alpha value is -1.80. The summed E-state index contributed by atoms with van der Waals surface area (Å²) in [5.41, 5.74) is 1.35. The molecule has 0 aliphatic carbocycles. The fourth-order valence-corrected chi connectivity index (χ4v) is 1.86. The topological polar surface area (TPSA) is 49.6 Å². The summed E-state index contributed by atoms with van der Waals surface area (Å²) in [6.45, 7) is 1.86. The summed E-state index contributed by atoms with van der Waals surface area (Å²) in [6, 6.07) is 6.60. The molecule has 0 saturated carbocycles. The third-order valence-electron chi connectivity index (χ3n) is 1.85. The molecule has 0 amide bonds. The zero-order chi connectivity index (χ0) is 10.8. The number of aryl methyl sites for hydroxylation is 1. The Morgan fingerprint density at radius 3 is 2.80 bits per heavy atom. The monoisotopic (exact) mass is 219 g/mol. The van der Waals surface area contributed by atoms with E-state index in [2.05, 4.69) is 9.36 Å². The number of hydrogen-bond acceptors (Lipinski definition) is 4. The molecule has 74 valence electrons. The van der Waals surface area contributed by atoms with Gasteiger partial charge in [0.25, 0.3) is 0 Å². The van der Waals surface area contributed by atoms with Gasteiger partial charge in [0, 0.05) is 0 Å². The van der Waals surface area contributed by atoms with Crippen molar-refractivity contribution in [2.75, 3.05) is 0 Å². The molecule has 0 atom stereocenters. The number of nitriles is 1. The first-order valence-electron chi connectivity index (χ1n) is 4.21. The number of halogens is 1. The van der Waals surface area contributed by atoms with Crippen LogP contribution in [-0.2, 0) is 0 Å². The highest BCUT2D eigenvalue weighted by molar-refractivity contribution is 7.09. The van der Waals surface area contributed by atoms with Crippen molar-refractivity contribution in [3.05, 3.63) is 35.4 Å². The van der Waals surface area contributed by atoms with Crippen LogP contribution in [0.4, 0.5) is 4.39 Å². The molecule has 0 fully saturated rings. The predicted molar refractivity (Wildman–Crippen MR) is 54.8 cm³/mol. The zero-order valence-corrected chi connectivity index (χ0v) is 8.68. The van der Waals surface area contributed by atoms with Gasteiger partial charge in [-0.2, -0.15) is 14.0 Å². The molecule has 0 bridgehead atoms. The lowest BCUT2D eigenvalue weighted by atomic mass is 10.2. The third kappa shape index (κ3) is 1.85. The highest BCUT2D eigenvalue weighted by atomic mass is 32.1. The number of pyridine rings is 1. The van der Waals surface area contributed by atoms with Crippen LogP contribution in [0.25, 0.3) is 10.6 Å². The molecule has 2 rings (SSSR count). The van der Waals surface area contributed by atoms with Gasteiger partial charge in [0.15, 0.2) is 0 Å². The highest BCUT2D eigenvalue weighted by Gasteiger charge is 2.08. The molecule has 5 heteroatoms. The van der Waals surface area contributed by atoms with Crippen LogP contribution in [0.1, 0.15) is 11.3 Å². The van der Waals surface area contributed by atoms with E-state index in [1.165, 1.54) is 17.6 Å². The highest BCUT2D eigenvalue weighted by Crippen LogP contribution is 2.23. The van der Waals surface area contributed by atoms with E-state index in [1.807, 2.05) is 13.0 Å². The maximum absolute atomic E-state index is 13.2. The first-order valence-corrected chi connectivity index (χ1v) is 4.98. The number of rotatable bonds is 1. The molecule has 15 heavy (non-hydrogen) atoms. The summed E-state index contributed by atoms with van der Waals surface area (Å²) in [4.78, 5) is 4.51. The van der Waals surface area contributed by atoms with E-state index in [0.29, 0.717) is 5.69 Å². The molecule has 0 aliphatic heterocycles. The molecule has 0 N–H and O–H groups in total. The van der Waals surface area contributed by atoms with Gasteiger partial charge in [-0.05, 0) is 36.7 Å². The van der Waals surface area contributed by atoms with Crippen molar-refractivity contribution in [1.29, 1.82) is 5.26 Å². The molecular weight excluding hydrogens is 213 g/mol. The van der Waals surface area contributed by atoms with E-state index in [1.54, 1.807) is 12.1 Å². The molecule has 0 aliphatic rings. The molecule has 3 nitrogen and oxygen atoms in total. The Morgan fingerprint density at radius 2 is 2.27 bits per heavy atom. The average Bonchev–Trinajstić information content (AvgIpc) is 2.65. The summed E-state index contributed by atoms with van der Waals surface area (Å²) < 4.78 is 17.3. The maximum Gasteiger partial charge on any atom is 0.231 e. The van der Waals surface area contributed by atoms with E-state index < -0.39 is 5.95 Å². The lowest BCUT2D eigenvalue weighted by Gasteiger charge is -1.96. The smallest absolute Gasteiger partial charge is 0.218 e. The lowest BCUT2D eigenvalue weighted by Crippen LogP contribution is -1.90. The van der Waals surface area contributed by atoms with E-state index in [0.717, 1.165) is 10.6 Å². The molecule has 0 saturated heterocycles. The fourth-order valence-electron chi connectivity index (χ4n) is 1.14. The molecule has 0 radical (unpaired) electrons. The Balaban J connectivity index is 2.48. The molecule has 2 aromatic heterocycles. The second kappa shape index (κ2) is 3.75. The van der Waals surface area contributed by atoms with Crippen LogP contribution >= 0.6 is 11.5 Å². The van der Waals surface area contributed by atoms with Gasteiger partial charge in [0.2, 0.25) is 5.95 Å². The summed E-state index contributed by atoms with van der Waals surface area (Å²) in [6.07, 6.45) is 0. The molecule has 2 aromatic rings. The summed E-state index contributed by atoms with van der Waals surface area (Å²) >= 11 is 1.26. The van der Waals surface area contributed by atoms with Crippen LogP contribution in [0, 0.1) is 24.2 Å². The van der Waals surface area contributed by atoms with Gasteiger partial charge in [-0.1, -0.05) is 0 Å². The minimum Gasteiger partial charge on any atom is -0.218 e. The van der Waals surface area contributed by atoms with Crippen LogP contribution in [0.3, 0.4) is 0 Å². The van der Waals surface area contributed by atoms with Crippen LogP contribution in [0.5, 0.6) is 0 Å². The predicted octanol–water partition coefficient (Wildman–Crippen LogP) is 2.52. The van der Waals surface area contributed by atoms with E-state index >= 15 is 0 Å². The first-order chi connectivity index (χ1) is 7.20. The number of aromatic nitrogens is 2. The first kappa shape index (κ1) is 9.74. The second-order valence-electron chi connectivity index (χ2n) is 2.98. The Kier molecular flexibility index (Phi) is 2.44. The maximum atomic E-state index is 13.2. The van der Waals surface area contributed by atoms with Gasteiger partial charge in [-0.3, -0.25) is 0 Å². The van der Waals surface area contributed by atoms with Crippen LogP contribution < -0.4 is 0 Å². The van der Waals surface area contributed by atoms with Gasteiger partial charge >= 0.3 is 0 Å². The van der Waals surface area contributed by atoms with Crippen molar-refractivity contribution >= 4 is 11.5 Å². The van der Waals surface area contributed by atoms with E-state index in [-0.39, 0.29) is 5.56 Å². The SMILES string of the molecule is Cc1cc(-c2ccc(C#N)c(F)n2)sn1. The minimum absolute atomic E-state index is 0.0417. The molecule has 0 unspecified atom stereocenters. The molecule has 0 aromatic carbocycles. The summed E-state index contributed by atoms with van der Waals surface area (Å²) in [5.74, 6) is -0.735. The van der Waals surface area contributed by atoms with Crippen molar-refractivity contribution in [2.24, 2.45) is 0 Å². The summed E-state index contributed by atoms with van der Waals surface area (Å²) in [5, 5.41) is 8.54. The Labute approximate surface area is 90.0 Å². The number of nitrogens with zero attached hydrogens (tertiary/aromatic N) is 3. The van der Waals surface area contributed by atoms with Gasteiger partial charge < -0.3 is 0 Å². The van der Waals surface area contributed by atoms with Crippen molar-refractivity contribution < 1.29 is 4.39 Å². The van der Waals surface area contributed by atoms with E-state index in [9.17, 15) is 4.39 Å². The van der Waals surface area contributed by atoms with Crippen LogP contribution in [0.15, 0.2) is 18.2 Å². The molecule has 0 spiro atoms. The van der Waals surface area contributed by atoms with Crippen LogP contribution in [-0.4, -0.2) is 9.36 Å². The van der Waals surface area contributed by atoms with Crippen molar-refractivity contribution in [3.63, 3.8) is 0 Å². The van der Waals surface area contributed by atoms with Crippen molar-refractivity contribution in [3.8, 4) is 16.6 Å². The summed E-state index contributed by atoms with van der Waals surface area (Å²) in [7, 11) is 0.